The predicted octanol–water partition coefficient (Wildman–Crippen LogP) is 1.51. The summed E-state index contributed by atoms with van der Waals surface area (Å²) in [5.41, 5.74) is 0.668. The molecule has 6 heteroatoms. The molecule has 0 saturated carbocycles. The van der Waals surface area contributed by atoms with Crippen molar-refractivity contribution in [2.45, 2.75) is 0 Å². The second kappa shape index (κ2) is 3.45. The molecule has 14 heavy (non-hydrogen) atoms. The highest BCUT2D eigenvalue weighted by Gasteiger charge is 2.09. The fraction of sp³-hybridized carbons (Fsp3) is 0.250. The highest BCUT2D eigenvalue weighted by atomic mass is 79.9. The number of nitrogens with zero attached hydrogens (tertiary/aromatic N) is 3. The number of rotatable bonds is 2. The van der Waals surface area contributed by atoms with Gasteiger partial charge < -0.3 is 9.47 Å². The Labute approximate surface area is 88.8 Å². The van der Waals surface area contributed by atoms with E-state index in [2.05, 4.69) is 26.0 Å². The molecule has 0 amide bonds. The van der Waals surface area contributed by atoms with Gasteiger partial charge in [0.1, 0.15) is 0 Å². The van der Waals surface area contributed by atoms with Crippen molar-refractivity contribution in [3.63, 3.8) is 0 Å². The van der Waals surface area contributed by atoms with Crippen LogP contribution in [0.3, 0.4) is 0 Å². The van der Waals surface area contributed by atoms with Gasteiger partial charge in [-0.05, 0) is 15.9 Å². The van der Waals surface area contributed by atoms with Crippen molar-refractivity contribution in [2.24, 2.45) is 0 Å². The van der Waals surface area contributed by atoms with Gasteiger partial charge in [-0.25, -0.2) is 0 Å². The number of halogens is 1. The van der Waals surface area contributed by atoms with E-state index in [1.807, 2.05) is 0 Å². The normalized spacial score (nSPS) is 10.5. The molecule has 2 aromatic rings. The van der Waals surface area contributed by atoms with Crippen molar-refractivity contribution in [3.8, 4) is 11.8 Å². The fourth-order valence-corrected chi connectivity index (χ4v) is 1.49. The number of aromatic nitrogens is 3. The summed E-state index contributed by atoms with van der Waals surface area (Å²) in [7, 11) is 3.13. The van der Waals surface area contributed by atoms with Crippen LogP contribution in [0.2, 0.25) is 0 Å². The van der Waals surface area contributed by atoms with Gasteiger partial charge in [0.05, 0.1) is 31.0 Å². The van der Waals surface area contributed by atoms with E-state index < -0.39 is 0 Å². The summed E-state index contributed by atoms with van der Waals surface area (Å²) < 4.78 is 12.6. The van der Waals surface area contributed by atoms with Gasteiger partial charge in [0.15, 0.2) is 5.65 Å². The summed E-state index contributed by atoms with van der Waals surface area (Å²) in [6, 6.07) is 1.67. The molecule has 0 aliphatic rings. The number of methoxy groups -OCH3 is 2. The minimum Gasteiger partial charge on any atom is -0.481 e. The van der Waals surface area contributed by atoms with Gasteiger partial charge in [-0.1, -0.05) is 0 Å². The molecule has 0 unspecified atom stereocenters. The summed E-state index contributed by atoms with van der Waals surface area (Å²) in [4.78, 5) is 4.21. The SMILES string of the molecule is COc1cc(OC)n2ncc(Br)c2n1. The lowest BCUT2D eigenvalue weighted by atomic mass is 10.5. The summed E-state index contributed by atoms with van der Waals surface area (Å²) in [6.45, 7) is 0. The van der Waals surface area contributed by atoms with Gasteiger partial charge >= 0.3 is 0 Å². The molecule has 2 aromatic heterocycles. The highest BCUT2D eigenvalue weighted by Crippen LogP contribution is 2.24. The predicted molar refractivity (Wildman–Crippen MR) is 53.8 cm³/mol. The molecular formula is C8H8BrN3O2. The maximum Gasteiger partial charge on any atom is 0.221 e. The van der Waals surface area contributed by atoms with Crippen molar-refractivity contribution in [3.05, 3.63) is 16.7 Å². The van der Waals surface area contributed by atoms with Gasteiger partial charge in [-0.15, -0.1) is 0 Å². The van der Waals surface area contributed by atoms with Crippen molar-refractivity contribution in [1.82, 2.24) is 14.6 Å². The molecule has 0 radical (unpaired) electrons. The van der Waals surface area contributed by atoms with Crippen LogP contribution in [0.5, 0.6) is 11.8 Å². The van der Waals surface area contributed by atoms with Gasteiger partial charge in [-0.2, -0.15) is 14.6 Å². The molecule has 0 fully saturated rings. The topological polar surface area (TPSA) is 48.7 Å². The van der Waals surface area contributed by atoms with Gasteiger partial charge in [0.25, 0.3) is 0 Å². The molecule has 0 saturated heterocycles. The molecule has 0 atom stereocenters. The maximum absolute atomic E-state index is 5.14. The Hall–Kier alpha value is -1.30. The monoisotopic (exact) mass is 257 g/mol. The van der Waals surface area contributed by atoms with E-state index in [-0.39, 0.29) is 0 Å². The van der Waals surface area contributed by atoms with Crippen LogP contribution in [0.4, 0.5) is 0 Å². The first-order chi connectivity index (χ1) is 6.76. The molecule has 2 heterocycles. The molecular weight excluding hydrogens is 250 g/mol. The molecule has 0 aromatic carbocycles. The zero-order chi connectivity index (χ0) is 10.1. The summed E-state index contributed by atoms with van der Waals surface area (Å²) in [5, 5.41) is 4.09. The van der Waals surface area contributed by atoms with Crippen molar-refractivity contribution in [1.29, 1.82) is 0 Å². The summed E-state index contributed by atoms with van der Waals surface area (Å²) in [6.07, 6.45) is 1.66. The van der Waals surface area contributed by atoms with Crippen molar-refractivity contribution < 1.29 is 9.47 Å². The third kappa shape index (κ3) is 1.31. The Balaban J connectivity index is 2.76. The van der Waals surface area contributed by atoms with E-state index in [0.29, 0.717) is 17.4 Å². The molecule has 0 aliphatic carbocycles. The number of ether oxygens (including phenoxy) is 2. The fourth-order valence-electron chi connectivity index (χ4n) is 1.14. The Morgan fingerprint density at radius 3 is 2.79 bits per heavy atom. The lowest BCUT2D eigenvalue weighted by molar-refractivity contribution is 0.365. The Morgan fingerprint density at radius 1 is 1.36 bits per heavy atom. The van der Waals surface area contributed by atoms with Crippen LogP contribution in [0.25, 0.3) is 5.65 Å². The van der Waals surface area contributed by atoms with Crippen molar-refractivity contribution in [2.75, 3.05) is 14.2 Å². The van der Waals surface area contributed by atoms with E-state index in [4.69, 9.17) is 9.47 Å². The first kappa shape index (κ1) is 9.26. The van der Waals surface area contributed by atoms with E-state index >= 15 is 0 Å². The number of hydrogen-bond donors (Lipinski definition) is 0. The lowest BCUT2D eigenvalue weighted by Gasteiger charge is -2.05. The molecule has 74 valence electrons. The average Bonchev–Trinajstić information content (AvgIpc) is 2.59. The van der Waals surface area contributed by atoms with Crippen LogP contribution >= 0.6 is 15.9 Å². The van der Waals surface area contributed by atoms with E-state index in [9.17, 15) is 0 Å². The van der Waals surface area contributed by atoms with Crippen LogP contribution in [0, 0.1) is 0 Å². The van der Waals surface area contributed by atoms with Crippen molar-refractivity contribution >= 4 is 21.6 Å². The summed E-state index contributed by atoms with van der Waals surface area (Å²) >= 11 is 3.34. The Bertz CT molecular complexity index is 469. The molecule has 2 rings (SSSR count). The molecule has 0 bridgehead atoms. The van der Waals surface area contributed by atoms with Gasteiger partial charge in [0.2, 0.25) is 11.8 Å². The standard InChI is InChI=1S/C8H8BrN3O2/c1-13-6-3-7(14-2)12-8(11-6)5(9)4-10-12/h3-4H,1-2H3. The first-order valence-corrected chi connectivity index (χ1v) is 4.68. The molecule has 5 nitrogen and oxygen atoms in total. The van der Waals surface area contributed by atoms with Crippen LogP contribution in [0.15, 0.2) is 16.7 Å². The number of fused-ring (bicyclic) bond motifs is 1. The van der Waals surface area contributed by atoms with E-state index in [1.165, 1.54) is 0 Å². The minimum absolute atomic E-state index is 0.496. The number of hydrogen-bond acceptors (Lipinski definition) is 4. The second-order valence-corrected chi connectivity index (χ2v) is 3.42. The van der Waals surface area contributed by atoms with Crippen LogP contribution in [-0.4, -0.2) is 28.8 Å². The smallest absolute Gasteiger partial charge is 0.221 e. The highest BCUT2D eigenvalue weighted by molar-refractivity contribution is 9.10. The van der Waals surface area contributed by atoms with Crippen LogP contribution < -0.4 is 9.47 Å². The second-order valence-electron chi connectivity index (χ2n) is 2.57. The molecule has 0 aliphatic heterocycles. The van der Waals surface area contributed by atoms with E-state index in [1.54, 1.807) is 31.0 Å². The van der Waals surface area contributed by atoms with Crippen LogP contribution in [0.1, 0.15) is 0 Å². The third-order valence-electron chi connectivity index (χ3n) is 1.79. The Kier molecular flexibility index (Phi) is 2.28. The zero-order valence-corrected chi connectivity index (χ0v) is 9.28. The molecule has 0 N–H and O–H groups in total. The lowest BCUT2D eigenvalue weighted by Crippen LogP contribution is -1.99. The first-order valence-electron chi connectivity index (χ1n) is 3.88. The Morgan fingerprint density at radius 2 is 2.14 bits per heavy atom. The van der Waals surface area contributed by atoms with E-state index in [0.717, 1.165) is 4.47 Å². The van der Waals surface area contributed by atoms with Crippen LogP contribution in [-0.2, 0) is 0 Å². The van der Waals surface area contributed by atoms with Gasteiger partial charge in [-0.3, -0.25) is 0 Å². The largest absolute Gasteiger partial charge is 0.481 e. The quantitative estimate of drug-likeness (QED) is 0.819. The minimum atomic E-state index is 0.496. The third-order valence-corrected chi connectivity index (χ3v) is 2.35. The maximum atomic E-state index is 5.14. The summed E-state index contributed by atoms with van der Waals surface area (Å²) in [5.74, 6) is 1.08. The zero-order valence-electron chi connectivity index (χ0n) is 7.69. The average molecular weight is 258 g/mol. The molecule has 0 spiro atoms. The van der Waals surface area contributed by atoms with Gasteiger partial charge in [0, 0.05) is 0 Å².